The van der Waals surface area contributed by atoms with Crippen LogP contribution >= 0.6 is 0 Å². The summed E-state index contributed by atoms with van der Waals surface area (Å²) in [6, 6.07) is 7.82. The van der Waals surface area contributed by atoms with E-state index in [1.165, 1.54) is 6.20 Å². The number of amides is 3. The molecule has 63 heavy (non-hydrogen) atoms. The molecule has 1 spiro atoms. The highest BCUT2D eigenvalue weighted by Gasteiger charge is 2.50. The molecule has 4 saturated heterocycles. The van der Waals surface area contributed by atoms with Crippen molar-refractivity contribution in [3.05, 3.63) is 70.8 Å². The lowest BCUT2D eigenvalue weighted by molar-refractivity contribution is -0.139. The molecule has 5 fully saturated rings. The van der Waals surface area contributed by atoms with Crippen molar-refractivity contribution in [3.63, 3.8) is 0 Å². The lowest BCUT2D eigenvalue weighted by Crippen LogP contribution is -2.66. The number of Topliss-reactive ketones (excluding diaryl/α,β-unsaturated/α-hetero) is 1. The number of likely N-dealkylation sites (N-methyl/N-ethyl adjacent to an activating group) is 1. The molecular formula is C46H55F2N9O6. The standard InChI is InChI=1S/C46H55F2N9O6/c1-53-41-29(4-2-6-33(41)39(45(53)61)34-11-12-38(59)51-44(34)60)5-3-19-63-32-13-16-54(17-14-32)22-28-7-9-31(10-8-28)57-23-30(40(52-57)42(47)48)20-36(58)35-21-49-56-18-15-37(50-43(35)56)55-24-46(25-55)26-62-27-46/h2,4,6,15,18,21,23,28,31-32,34,39,42H,3,5,7-14,16-17,19-20,22,24-27H2,1H3,(H,51,59,60). The van der Waals surface area contributed by atoms with Gasteiger partial charge in [-0.2, -0.15) is 10.2 Å². The summed E-state index contributed by atoms with van der Waals surface area (Å²) in [6.45, 7) is 6.79. The third-order valence-electron chi connectivity index (χ3n) is 14.5. The van der Waals surface area contributed by atoms with Crippen molar-refractivity contribution in [3.8, 4) is 0 Å². The molecule has 5 aliphatic heterocycles. The first-order chi connectivity index (χ1) is 30.5. The average Bonchev–Trinajstić information content (AvgIpc) is 3.94. The van der Waals surface area contributed by atoms with Crippen molar-refractivity contribution >= 4 is 40.7 Å². The number of hydrogen-bond donors (Lipinski definition) is 1. The second-order valence-corrected chi connectivity index (χ2v) is 18.8. The number of hydrogen-bond acceptors (Lipinski definition) is 11. The molecule has 4 aromatic rings. The van der Waals surface area contributed by atoms with Crippen molar-refractivity contribution in [2.75, 3.05) is 69.4 Å². The zero-order chi connectivity index (χ0) is 43.4. The zero-order valence-corrected chi connectivity index (χ0v) is 35.7. The van der Waals surface area contributed by atoms with Gasteiger partial charge < -0.3 is 24.2 Å². The van der Waals surface area contributed by atoms with Crippen LogP contribution in [0.2, 0.25) is 0 Å². The highest BCUT2D eigenvalue weighted by atomic mass is 19.3. The van der Waals surface area contributed by atoms with Gasteiger partial charge in [-0.15, -0.1) is 0 Å². The smallest absolute Gasteiger partial charge is 0.282 e. The number of para-hydroxylation sites is 1. The van der Waals surface area contributed by atoms with Gasteiger partial charge in [0.1, 0.15) is 11.5 Å². The molecule has 2 unspecified atom stereocenters. The number of ether oxygens (including phenoxy) is 2. The van der Waals surface area contributed by atoms with Crippen LogP contribution in [-0.2, 0) is 36.7 Å². The number of carbonyl (C=O) groups excluding carboxylic acids is 4. The fourth-order valence-corrected chi connectivity index (χ4v) is 11.0. The van der Waals surface area contributed by atoms with E-state index in [0.29, 0.717) is 30.2 Å². The number of anilines is 2. The fourth-order valence-electron chi connectivity index (χ4n) is 11.0. The molecule has 0 radical (unpaired) electrons. The number of piperidine rings is 2. The summed E-state index contributed by atoms with van der Waals surface area (Å²) >= 11 is 0. The van der Waals surface area contributed by atoms with Gasteiger partial charge in [0, 0.05) is 77.2 Å². The number of fused-ring (bicyclic) bond motifs is 2. The SMILES string of the molecule is CN1C(=O)C(C2CCC(=O)NC2=O)c2cccc(CCCOC3CCN(CC4CCC(n5cc(CC(=O)c6cnn7ccc(N8CC9(COC9)C8)nc67)c(C(F)F)n5)CC4)CC3)c21. The Hall–Kier alpha value is -5.13. The van der Waals surface area contributed by atoms with Gasteiger partial charge >= 0.3 is 0 Å². The Kier molecular flexibility index (Phi) is 11.4. The number of nitrogens with zero attached hydrogens (tertiary/aromatic N) is 8. The maximum atomic E-state index is 14.3. The molecule has 17 heteroatoms. The number of rotatable bonds is 14. The first kappa shape index (κ1) is 41.9. The number of halogens is 2. The van der Waals surface area contributed by atoms with Crippen LogP contribution in [-0.4, -0.2) is 118 Å². The molecule has 0 bridgehead atoms. The van der Waals surface area contributed by atoms with E-state index in [1.807, 2.05) is 24.3 Å². The largest absolute Gasteiger partial charge is 0.380 e. The van der Waals surface area contributed by atoms with Gasteiger partial charge in [0.05, 0.1) is 60.1 Å². The molecule has 1 N–H and O–H groups in total. The van der Waals surface area contributed by atoms with E-state index in [-0.39, 0.29) is 65.2 Å². The average molecular weight is 868 g/mol. The van der Waals surface area contributed by atoms with Crippen LogP contribution in [0, 0.1) is 17.3 Å². The van der Waals surface area contributed by atoms with Crippen LogP contribution in [0.15, 0.2) is 42.9 Å². The highest BCUT2D eigenvalue weighted by molar-refractivity contribution is 6.09. The molecule has 334 valence electrons. The number of nitrogens with one attached hydrogen (secondary N) is 1. The van der Waals surface area contributed by atoms with Gasteiger partial charge in [0.15, 0.2) is 11.4 Å². The lowest BCUT2D eigenvalue weighted by atomic mass is 9.78. The van der Waals surface area contributed by atoms with Crippen LogP contribution in [0.5, 0.6) is 0 Å². The minimum absolute atomic E-state index is 0.00780. The monoisotopic (exact) mass is 867 g/mol. The van der Waals surface area contributed by atoms with Gasteiger partial charge in [-0.25, -0.2) is 18.3 Å². The van der Waals surface area contributed by atoms with E-state index in [9.17, 15) is 28.0 Å². The van der Waals surface area contributed by atoms with E-state index < -0.39 is 18.3 Å². The number of alkyl halides is 2. The highest BCUT2D eigenvalue weighted by Crippen LogP contribution is 2.45. The summed E-state index contributed by atoms with van der Waals surface area (Å²) in [5.41, 5.74) is 3.67. The number of aryl methyl sites for hydroxylation is 1. The number of benzene rings is 1. The Morgan fingerprint density at radius 1 is 1.02 bits per heavy atom. The maximum absolute atomic E-state index is 14.3. The molecule has 10 rings (SSSR count). The zero-order valence-electron chi connectivity index (χ0n) is 35.7. The summed E-state index contributed by atoms with van der Waals surface area (Å²) in [6.07, 6.45) is 9.90. The summed E-state index contributed by atoms with van der Waals surface area (Å²) in [4.78, 5) is 62.5. The van der Waals surface area contributed by atoms with E-state index in [1.54, 1.807) is 33.5 Å². The molecule has 3 aromatic heterocycles. The fraction of sp³-hybridized carbons (Fsp3) is 0.587. The van der Waals surface area contributed by atoms with Crippen molar-refractivity contribution < 1.29 is 37.4 Å². The van der Waals surface area contributed by atoms with Crippen LogP contribution < -0.4 is 15.1 Å². The van der Waals surface area contributed by atoms with Crippen LogP contribution in [0.25, 0.3) is 5.65 Å². The minimum atomic E-state index is -2.79. The lowest BCUT2D eigenvalue weighted by Gasteiger charge is -2.55. The predicted molar refractivity (Wildman–Crippen MR) is 227 cm³/mol. The molecule has 6 aliphatic rings. The van der Waals surface area contributed by atoms with Gasteiger partial charge in [-0.05, 0) is 80.9 Å². The minimum Gasteiger partial charge on any atom is -0.380 e. The summed E-state index contributed by atoms with van der Waals surface area (Å²) in [5, 5.41) is 11.1. The summed E-state index contributed by atoms with van der Waals surface area (Å²) in [5.74, 6) is -0.892. The van der Waals surface area contributed by atoms with Crippen molar-refractivity contribution in [1.82, 2.24) is 34.6 Å². The third kappa shape index (κ3) is 8.16. The molecule has 1 aliphatic carbocycles. The van der Waals surface area contributed by atoms with Crippen molar-refractivity contribution in [2.45, 2.75) is 95.1 Å². The van der Waals surface area contributed by atoms with Crippen molar-refractivity contribution in [2.24, 2.45) is 17.3 Å². The first-order valence-corrected chi connectivity index (χ1v) is 22.7. The van der Waals surface area contributed by atoms with Gasteiger partial charge in [0.2, 0.25) is 17.7 Å². The van der Waals surface area contributed by atoms with E-state index in [2.05, 4.69) is 25.3 Å². The van der Waals surface area contributed by atoms with E-state index >= 15 is 0 Å². The topological polar surface area (TPSA) is 156 Å². The number of carbonyl (C=O) groups is 4. The number of imide groups is 1. The summed E-state index contributed by atoms with van der Waals surface area (Å²) < 4.78 is 43.6. The van der Waals surface area contributed by atoms with Gasteiger partial charge in [-0.1, -0.05) is 18.2 Å². The van der Waals surface area contributed by atoms with Crippen LogP contribution in [0.3, 0.4) is 0 Å². The number of aromatic nitrogens is 5. The molecule has 1 saturated carbocycles. The normalized spacial score (nSPS) is 25.2. The first-order valence-electron chi connectivity index (χ1n) is 22.7. The Labute approximate surface area is 364 Å². The third-order valence-corrected chi connectivity index (χ3v) is 14.5. The Morgan fingerprint density at radius 3 is 2.54 bits per heavy atom. The van der Waals surface area contributed by atoms with Gasteiger partial charge in [-0.3, -0.25) is 29.2 Å². The summed E-state index contributed by atoms with van der Waals surface area (Å²) in [7, 11) is 1.77. The predicted octanol–water partition coefficient (Wildman–Crippen LogP) is 5.08. The molecule has 15 nitrogen and oxygen atoms in total. The molecule has 1 aromatic carbocycles. The Morgan fingerprint density at radius 2 is 1.81 bits per heavy atom. The molecule has 3 amide bonds. The molecule has 2 atom stereocenters. The van der Waals surface area contributed by atoms with E-state index in [4.69, 9.17) is 14.5 Å². The Bertz CT molecular complexity index is 2390. The van der Waals surface area contributed by atoms with Crippen LogP contribution in [0.1, 0.15) is 109 Å². The number of likely N-dealkylation sites (tertiary alicyclic amines) is 1. The van der Waals surface area contributed by atoms with E-state index in [0.717, 1.165) is 120 Å². The van der Waals surface area contributed by atoms with Gasteiger partial charge in [0.25, 0.3) is 6.43 Å². The van der Waals surface area contributed by atoms with Crippen molar-refractivity contribution in [1.29, 1.82) is 0 Å². The second-order valence-electron chi connectivity index (χ2n) is 18.8. The quantitative estimate of drug-likeness (QED) is 0.102. The Balaban J connectivity index is 0.671. The van der Waals surface area contributed by atoms with Crippen LogP contribution in [0.4, 0.5) is 20.3 Å². The molecule has 8 heterocycles. The molecular weight excluding hydrogens is 813 g/mol. The maximum Gasteiger partial charge on any atom is 0.282 e. The number of ketones is 1. The second kappa shape index (κ2) is 17.1.